The number of hydrogen-bond donors (Lipinski definition) is 2. The number of amides is 1. The van der Waals surface area contributed by atoms with Crippen molar-refractivity contribution in [1.82, 2.24) is 0 Å². The molecular formula is C17H25NO3S. The monoisotopic (exact) mass is 323 g/mol. The highest BCUT2D eigenvalue weighted by Crippen LogP contribution is 2.44. The highest BCUT2D eigenvalue weighted by molar-refractivity contribution is 7.17. The highest BCUT2D eigenvalue weighted by Gasteiger charge is 2.33. The molecule has 0 saturated heterocycles. The van der Waals surface area contributed by atoms with Gasteiger partial charge < -0.3 is 10.4 Å². The van der Waals surface area contributed by atoms with E-state index in [1.165, 1.54) is 11.3 Å². The van der Waals surface area contributed by atoms with Crippen LogP contribution in [-0.4, -0.2) is 17.0 Å². The van der Waals surface area contributed by atoms with Gasteiger partial charge in [-0.15, -0.1) is 11.3 Å². The summed E-state index contributed by atoms with van der Waals surface area (Å²) in [5, 5.41) is 12.9. The first-order chi connectivity index (χ1) is 10.2. The molecule has 1 unspecified atom stereocenters. The van der Waals surface area contributed by atoms with E-state index in [-0.39, 0.29) is 11.3 Å². The van der Waals surface area contributed by atoms with Crippen LogP contribution in [-0.2, 0) is 17.6 Å². The molecular weight excluding hydrogens is 298 g/mol. The molecule has 0 bridgehead atoms. The molecule has 2 rings (SSSR count). The molecule has 2 N–H and O–H groups in total. The van der Waals surface area contributed by atoms with E-state index in [1.54, 1.807) is 0 Å². The van der Waals surface area contributed by atoms with Crippen molar-refractivity contribution in [2.45, 2.75) is 59.8 Å². The summed E-state index contributed by atoms with van der Waals surface area (Å²) in [6, 6.07) is 0. The number of thiophene rings is 1. The summed E-state index contributed by atoms with van der Waals surface area (Å²) in [4.78, 5) is 24.6. The molecule has 1 aromatic rings. The second kappa shape index (κ2) is 6.41. The van der Waals surface area contributed by atoms with Crippen molar-refractivity contribution in [3.63, 3.8) is 0 Å². The summed E-state index contributed by atoms with van der Waals surface area (Å²) < 4.78 is 0. The van der Waals surface area contributed by atoms with Crippen molar-refractivity contribution in [2.75, 3.05) is 5.32 Å². The van der Waals surface area contributed by atoms with E-state index in [0.29, 0.717) is 22.9 Å². The van der Waals surface area contributed by atoms with Gasteiger partial charge in [-0.05, 0) is 42.6 Å². The molecule has 0 aromatic carbocycles. The largest absolute Gasteiger partial charge is 0.478 e. The number of carboxylic acid groups (broad SMARTS) is 1. The van der Waals surface area contributed by atoms with E-state index in [2.05, 4.69) is 26.1 Å². The zero-order valence-electron chi connectivity index (χ0n) is 13.8. The van der Waals surface area contributed by atoms with E-state index >= 15 is 0 Å². The van der Waals surface area contributed by atoms with Gasteiger partial charge in [-0.25, -0.2) is 4.79 Å². The van der Waals surface area contributed by atoms with Crippen molar-refractivity contribution >= 4 is 28.2 Å². The summed E-state index contributed by atoms with van der Waals surface area (Å²) in [6.07, 6.45) is 3.89. The van der Waals surface area contributed by atoms with Crippen LogP contribution in [0.15, 0.2) is 0 Å². The first-order valence-corrected chi connectivity index (χ1v) is 8.73. The molecule has 122 valence electrons. The minimum atomic E-state index is -0.932. The average molecular weight is 323 g/mol. The van der Waals surface area contributed by atoms with E-state index in [9.17, 15) is 14.7 Å². The van der Waals surface area contributed by atoms with Gasteiger partial charge >= 0.3 is 5.97 Å². The second-order valence-electron chi connectivity index (χ2n) is 7.12. The Labute approximate surface area is 135 Å². The van der Waals surface area contributed by atoms with E-state index in [0.717, 1.165) is 36.1 Å². The molecule has 1 aliphatic carbocycles. The third kappa shape index (κ3) is 3.51. The fourth-order valence-corrected chi connectivity index (χ4v) is 4.39. The molecule has 1 heterocycles. The molecule has 0 aliphatic heterocycles. The Balaban J connectivity index is 2.32. The number of fused-ring (bicyclic) bond motifs is 1. The lowest BCUT2D eigenvalue weighted by Crippen LogP contribution is -2.26. The molecule has 0 saturated carbocycles. The molecule has 0 spiro atoms. The maximum Gasteiger partial charge on any atom is 0.339 e. The Morgan fingerprint density at radius 2 is 2.05 bits per heavy atom. The molecule has 1 amide bonds. The molecule has 22 heavy (non-hydrogen) atoms. The van der Waals surface area contributed by atoms with Crippen LogP contribution >= 0.6 is 11.3 Å². The Morgan fingerprint density at radius 1 is 1.36 bits per heavy atom. The topological polar surface area (TPSA) is 66.4 Å². The summed E-state index contributed by atoms with van der Waals surface area (Å²) in [5.74, 6) is -0.478. The summed E-state index contributed by atoms with van der Waals surface area (Å²) in [5.41, 5.74) is 1.47. The number of carbonyl (C=O) groups excluding carboxylic acids is 1. The predicted molar refractivity (Wildman–Crippen MR) is 89.8 cm³/mol. The first kappa shape index (κ1) is 17.0. The van der Waals surface area contributed by atoms with Crippen molar-refractivity contribution in [1.29, 1.82) is 0 Å². The van der Waals surface area contributed by atoms with Crippen molar-refractivity contribution in [3.8, 4) is 0 Å². The number of carbonyl (C=O) groups is 2. The van der Waals surface area contributed by atoms with Gasteiger partial charge in [-0.3, -0.25) is 4.79 Å². The average Bonchev–Trinajstić information content (AvgIpc) is 2.74. The number of nitrogens with one attached hydrogen (secondary N) is 1. The third-order valence-electron chi connectivity index (χ3n) is 4.43. The van der Waals surface area contributed by atoms with Crippen LogP contribution in [0.2, 0.25) is 0 Å². The first-order valence-electron chi connectivity index (χ1n) is 7.91. The lowest BCUT2D eigenvalue weighted by atomic mass is 9.72. The standard InChI is InChI=1S/C17H25NO3S/c1-5-6-13(19)18-15-14(16(20)21)11-8-7-10(17(2,3)4)9-12(11)22-15/h10H,5-9H2,1-4H3,(H,18,19)(H,20,21). The summed E-state index contributed by atoms with van der Waals surface area (Å²) in [6.45, 7) is 8.64. The van der Waals surface area contributed by atoms with Gasteiger partial charge in [0.1, 0.15) is 5.00 Å². The second-order valence-corrected chi connectivity index (χ2v) is 8.22. The van der Waals surface area contributed by atoms with E-state index in [1.807, 2.05) is 6.92 Å². The molecule has 4 nitrogen and oxygen atoms in total. The molecule has 0 fully saturated rings. The van der Waals surface area contributed by atoms with Gasteiger partial charge in [0.05, 0.1) is 5.56 Å². The van der Waals surface area contributed by atoms with Gasteiger partial charge in [-0.1, -0.05) is 27.7 Å². The number of hydrogen-bond acceptors (Lipinski definition) is 3. The van der Waals surface area contributed by atoms with Gasteiger partial charge in [0.15, 0.2) is 0 Å². The Morgan fingerprint density at radius 3 is 2.59 bits per heavy atom. The molecule has 1 atom stereocenters. The van der Waals surface area contributed by atoms with Crippen LogP contribution in [0, 0.1) is 11.3 Å². The van der Waals surface area contributed by atoms with E-state index in [4.69, 9.17) is 0 Å². The lowest BCUT2D eigenvalue weighted by molar-refractivity contribution is -0.116. The smallest absolute Gasteiger partial charge is 0.339 e. The van der Waals surface area contributed by atoms with Crippen LogP contribution < -0.4 is 5.32 Å². The maximum atomic E-state index is 11.8. The van der Waals surface area contributed by atoms with Crippen LogP contribution in [0.3, 0.4) is 0 Å². The lowest BCUT2D eigenvalue weighted by Gasteiger charge is -2.33. The zero-order valence-corrected chi connectivity index (χ0v) is 14.6. The summed E-state index contributed by atoms with van der Waals surface area (Å²) in [7, 11) is 0. The summed E-state index contributed by atoms with van der Waals surface area (Å²) >= 11 is 1.45. The molecule has 1 aliphatic rings. The third-order valence-corrected chi connectivity index (χ3v) is 5.60. The highest BCUT2D eigenvalue weighted by atomic mass is 32.1. The Bertz CT molecular complexity index is 583. The van der Waals surface area contributed by atoms with Gasteiger partial charge in [0.2, 0.25) is 5.91 Å². The van der Waals surface area contributed by atoms with Gasteiger partial charge in [0.25, 0.3) is 0 Å². The maximum absolute atomic E-state index is 11.8. The van der Waals surface area contributed by atoms with Crippen molar-refractivity contribution in [2.24, 2.45) is 11.3 Å². The quantitative estimate of drug-likeness (QED) is 0.866. The van der Waals surface area contributed by atoms with Crippen LogP contribution in [0.5, 0.6) is 0 Å². The Hall–Kier alpha value is -1.36. The minimum absolute atomic E-state index is 0.101. The minimum Gasteiger partial charge on any atom is -0.478 e. The normalized spacial score (nSPS) is 17.9. The van der Waals surface area contributed by atoms with Gasteiger partial charge in [0, 0.05) is 11.3 Å². The predicted octanol–water partition coefficient (Wildman–Crippen LogP) is 4.34. The van der Waals surface area contributed by atoms with Crippen molar-refractivity contribution < 1.29 is 14.7 Å². The SMILES string of the molecule is CCCC(=O)Nc1sc2c(c1C(=O)O)CCC(C(C)(C)C)C2. The molecule has 1 aromatic heterocycles. The fourth-order valence-electron chi connectivity index (χ4n) is 3.06. The number of rotatable bonds is 4. The van der Waals surface area contributed by atoms with Crippen LogP contribution in [0.4, 0.5) is 5.00 Å². The number of aromatic carboxylic acids is 1. The zero-order chi connectivity index (χ0) is 16.5. The van der Waals surface area contributed by atoms with Gasteiger partial charge in [-0.2, -0.15) is 0 Å². The van der Waals surface area contributed by atoms with Crippen molar-refractivity contribution in [3.05, 3.63) is 16.0 Å². The van der Waals surface area contributed by atoms with Crippen LogP contribution in [0.25, 0.3) is 0 Å². The number of carboxylic acids is 1. The van der Waals surface area contributed by atoms with E-state index < -0.39 is 5.97 Å². The number of anilines is 1. The molecule has 5 heteroatoms. The molecule has 0 radical (unpaired) electrons. The Kier molecular flexibility index (Phi) is 4.95. The fraction of sp³-hybridized carbons (Fsp3) is 0.647. The van der Waals surface area contributed by atoms with Crippen LogP contribution in [0.1, 0.15) is 67.8 Å².